The summed E-state index contributed by atoms with van der Waals surface area (Å²) in [5.74, 6) is 0.769. The molecule has 0 saturated heterocycles. The van der Waals surface area contributed by atoms with Crippen molar-refractivity contribution in [3.63, 3.8) is 0 Å². The van der Waals surface area contributed by atoms with E-state index in [0.29, 0.717) is 6.54 Å². The normalized spacial score (nSPS) is 29.2. The second-order valence-corrected chi connectivity index (χ2v) is 6.51. The largest absolute Gasteiger partial charge is 0.388 e. The summed E-state index contributed by atoms with van der Waals surface area (Å²) in [6.45, 7) is 7.03. The van der Waals surface area contributed by atoms with Gasteiger partial charge in [0.1, 0.15) is 0 Å². The summed E-state index contributed by atoms with van der Waals surface area (Å²) < 4.78 is 0. The van der Waals surface area contributed by atoms with Crippen molar-refractivity contribution in [3.8, 4) is 0 Å². The molecule has 2 rings (SSSR count). The van der Waals surface area contributed by atoms with Crippen LogP contribution in [0.25, 0.3) is 0 Å². The number of hydrogen-bond acceptors (Lipinski definition) is 2. The Morgan fingerprint density at radius 2 is 1.95 bits per heavy atom. The van der Waals surface area contributed by atoms with E-state index in [4.69, 9.17) is 5.73 Å². The predicted molar refractivity (Wildman–Crippen MR) is 80.0 cm³/mol. The first-order valence-electron chi connectivity index (χ1n) is 7.44. The minimum absolute atomic E-state index is 0.120. The predicted octanol–water partition coefficient (Wildman–Crippen LogP) is 3.49. The topological polar surface area (TPSA) is 46.2 Å². The zero-order valence-corrected chi connectivity index (χ0v) is 12.4. The fraction of sp³-hybridized carbons (Fsp3) is 0.647. The lowest BCUT2D eigenvalue weighted by Crippen LogP contribution is -2.40. The molecule has 0 radical (unpaired) electrons. The number of rotatable bonds is 3. The maximum atomic E-state index is 10.9. The standard InChI is InChI=1S/C17H27NO/c1-12-6-8-17(11-18,9-7-12)16(19)15-10-13(2)4-5-14(15)3/h4-5,10,12,16,19H,6-9,11,18H2,1-3H3. The van der Waals surface area contributed by atoms with Crippen LogP contribution in [0.2, 0.25) is 0 Å². The summed E-state index contributed by atoms with van der Waals surface area (Å²) in [5.41, 5.74) is 9.38. The van der Waals surface area contributed by atoms with Gasteiger partial charge in [-0.2, -0.15) is 0 Å². The molecule has 1 aliphatic rings. The lowest BCUT2D eigenvalue weighted by Gasteiger charge is -2.42. The van der Waals surface area contributed by atoms with Crippen LogP contribution in [0, 0.1) is 25.2 Å². The first-order chi connectivity index (χ1) is 8.98. The molecule has 19 heavy (non-hydrogen) atoms. The first-order valence-corrected chi connectivity index (χ1v) is 7.44. The van der Waals surface area contributed by atoms with Crippen molar-refractivity contribution in [2.45, 2.75) is 52.6 Å². The summed E-state index contributed by atoms with van der Waals surface area (Å²) in [7, 11) is 0. The average Bonchev–Trinajstić information content (AvgIpc) is 2.42. The Morgan fingerprint density at radius 1 is 1.32 bits per heavy atom. The molecule has 1 aromatic rings. The summed E-state index contributed by atoms with van der Waals surface area (Å²) in [5, 5.41) is 10.9. The Labute approximate surface area is 117 Å². The Kier molecular flexibility index (Phi) is 4.32. The molecule has 1 saturated carbocycles. The van der Waals surface area contributed by atoms with Crippen LogP contribution in [0.15, 0.2) is 18.2 Å². The third-order valence-corrected chi connectivity index (χ3v) is 4.99. The molecular weight excluding hydrogens is 234 g/mol. The Hall–Kier alpha value is -0.860. The molecule has 0 aromatic heterocycles. The van der Waals surface area contributed by atoms with Crippen LogP contribution < -0.4 is 5.73 Å². The van der Waals surface area contributed by atoms with Gasteiger partial charge in [0, 0.05) is 12.0 Å². The Morgan fingerprint density at radius 3 is 2.53 bits per heavy atom. The van der Waals surface area contributed by atoms with Gasteiger partial charge in [0.05, 0.1) is 6.10 Å². The summed E-state index contributed by atoms with van der Waals surface area (Å²) in [6.07, 6.45) is 4.02. The van der Waals surface area contributed by atoms with Gasteiger partial charge in [-0.15, -0.1) is 0 Å². The molecule has 2 nitrogen and oxygen atoms in total. The van der Waals surface area contributed by atoms with Crippen LogP contribution in [-0.2, 0) is 0 Å². The first kappa shape index (κ1) is 14.5. The molecule has 0 aliphatic heterocycles. The van der Waals surface area contributed by atoms with E-state index in [-0.39, 0.29) is 5.41 Å². The molecule has 0 bridgehead atoms. The van der Waals surface area contributed by atoms with Gasteiger partial charge in [-0.3, -0.25) is 0 Å². The van der Waals surface area contributed by atoms with Gasteiger partial charge in [0.15, 0.2) is 0 Å². The fourth-order valence-corrected chi connectivity index (χ4v) is 3.31. The van der Waals surface area contributed by atoms with Gasteiger partial charge >= 0.3 is 0 Å². The van der Waals surface area contributed by atoms with Gasteiger partial charge in [0.25, 0.3) is 0 Å². The summed E-state index contributed by atoms with van der Waals surface area (Å²) in [6, 6.07) is 6.32. The Balaban J connectivity index is 2.30. The molecule has 106 valence electrons. The molecule has 1 aliphatic carbocycles. The zero-order chi connectivity index (χ0) is 14.0. The molecule has 0 heterocycles. The van der Waals surface area contributed by atoms with Crippen LogP contribution in [0.3, 0.4) is 0 Å². The van der Waals surface area contributed by atoms with Gasteiger partial charge in [0.2, 0.25) is 0 Å². The number of aliphatic hydroxyl groups is 1. The van der Waals surface area contributed by atoms with E-state index in [1.807, 2.05) is 0 Å². The van der Waals surface area contributed by atoms with Crippen molar-refractivity contribution >= 4 is 0 Å². The van der Waals surface area contributed by atoms with Crippen molar-refractivity contribution in [1.82, 2.24) is 0 Å². The van der Waals surface area contributed by atoms with Crippen LogP contribution >= 0.6 is 0 Å². The molecule has 2 heteroatoms. The minimum atomic E-state index is -0.426. The minimum Gasteiger partial charge on any atom is -0.388 e. The highest BCUT2D eigenvalue weighted by Gasteiger charge is 2.40. The second-order valence-electron chi connectivity index (χ2n) is 6.51. The van der Waals surface area contributed by atoms with E-state index in [2.05, 4.69) is 39.0 Å². The molecule has 0 amide bonds. The highest BCUT2D eigenvalue weighted by Crippen LogP contribution is 2.47. The maximum Gasteiger partial charge on any atom is 0.0860 e. The lowest BCUT2D eigenvalue weighted by atomic mass is 9.65. The number of aliphatic hydroxyl groups excluding tert-OH is 1. The molecule has 3 N–H and O–H groups in total. The van der Waals surface area contributed by atoms with E-state index < -0.39 is 6.10 Å². The van der Waals surface area contributed by atoms with Gasteiger partial charge in [-0.1, -0.05) is 43.5 Å². The van der Waals surface area contributed by atoms with E-state index in [0.717, 1.165) is 24.3 Å². The molecule has 1 aromatic carbocycles. The third-order valence-electron chi connectivity index (χ3n) is 4.99. The number of hydrogen-bond donors (Lipinski definition) is 2. The lowest BCUT2D eigenvalue weighted by molar-refractivity contribution is -0.00858. The summed E-state index contributed by atoms with van der Waals surface area (Å²) >= 11 is 0. The highest BCUT2D eigenvalue weighted by atomic mass is 16.3. The number of aryl methyl sites for hydroxylation is 2. The van der Waals surface area contributed by atoms with Crippen molar-refractivity contribution < 1.29 is 5.11 Å². The van der Waals surface area contributed by atoms with Crippen molar-refractivity contribution in [1.29, 1.82) is 0 Å². The fourth-order valence-electron chi connectivity index (χ4n) is 3.31. The Bertz CT molecular complexity index is 433. The van der Waals surface area contributed by atoms with Crippen molar-refractivity contribution in [2.24, 2.45) is 17.1 Å². The smallest absolute Gasteiger partial charge is 0.0860 e. The molecule has 1 fully saturated rings. The maximum absolute atomic E-state index is 10.9. The van der Waals surface area contributed by atoms with Crippen LogP contribution in [0.5, 0.6) is 0 Å². The quantitative estimate of drug-likeness (QED) is 0.875. The van der Waals surface area contributed by atoms with Gasteiger partial charge in [-0.05, 0) is 43.7 Å². The molecule has 1 atom stereocenters. The molecule has 1 unspecified atom stereocenters. The third kappa shape index (κ3) is 2.85. The van der Waals surface area contributed by atoms with Gasteiger partial charge in [-0.25, -0.2) is 0 Å². The second kappa shape index (κ2) is 5.64. The monoisotopic (exact) mass is 261 g/mol. The van der Waals surface area contributed by atoms with E-state index in [1.165, 1.54) is 24.0 Å². The van der Waals surface area contributed by atoms with Crippen LogP contribution in [0.4, 0.5) is 0 Å². The molecular formula is C17H27NO. The van der Waals surface area contributed by atoms with Crippen molar-refractivity contribution in [3.05, 3.63) is 34.9 Å². The number of nitrogens with two attached hydrogens (primary N) is 1. The zero-order valence-electron chi connectivity index (χ0n) is 12.4. The average molecular weight is 261 g/mol. The van der Waals surface area contributed by atoms with Crippen LogP contribution in [-0.4, -0.2) is 11.7 Å². The molecule has 0 spiro atoms. The SMILES string of the molecule is Cc1ccc(C)c(C(O)C2(CN)CCC(C)CC2)c1. The van der Waals surface area contributed by atoms with Crippen LogP contribution in [0.1, 0.15) is 55.4 Å². The van der Waals surface area contributed by atoms with E-state index in [9.17, 15) is 5.11 Å². The van der Waals surface area contributed by atoms with E-state index >= 15 is 0 Å². The van der Waals surface area contributed by atoms with Crippen molar-refractivity contribution in [2.75, 3.05) is 6.54 Å². The summed E-state index contributed by atoms with van der Waals surface area (Å²) in [4.78, 5) is 0. The van der Waals surface area contributed by atoms with E-state index in [1.54, 1.807) is 0 Å². The van der Waals surface area contributed by atoms with Gasteiger partial charge < -0.3 is 10.8 Å². The number of benzene rings is 1. The highest BCUT2D eigenvalue weighted by molar-refractivity contribution is 5.33.